The van der Waals surface area contributed by atoms with Crippen LogP contribution in [0.25, 0.3) is 11.4 Å². The molecular weight excluding hydrogens is 467 g/mol. The van der Waals surface area contributed by atoms with E-state index < -0.39 is 27.0 Å². The van der Waals surface area contributed by atoms with E-state index in [2.05, 4.69) is 10.2 Å². The van der Waals surface area contributed by atoms with Crippen LogP contribution in [0.1, 0.15) is 40.4 Å². The van der Waals surface area contributed by atoms with Gasteiger partial charge >= 0.3 is 0 Å². The molecule has 0 unspecified atom stereocenters. The van der Waals surface area contributed by atoms with Gasteiger partial charge in [0.25, 0.3) is 10.0 Å². The van der Waals surface area contributed by atoms with Crippen LogP contribution in [-0.4, -0.2) is 39.4 Å². The van der Waals surface area contributed by atoms with Gasteiger partial charge in [-0.05, 0) is 52.8 Å². The third-order valence-corrected chi connectivity index (χ3v) is 7.33. The molecule has 2 aromatic carbocycles. The number of aliphatic hydroxyl groups is 1. The van der Waals surface area contributed by atoms with E-state index in [1.807, 2.05) is 0 Å². The highest BCUT2D eigenvalue weighted by Gasteiger charge is 2.37. The van der Waals surface area contributed by atoms with Gasteiger partial charge in [-0.1, -0.05) is 29.8 Å². The maximum atomic E-state index is 14.7. The van der Waals surface area contributed by atoms with E-state index in [1.54, 1.807) is 64.4 Å². The Morgan fingerprint density at radius 3 is 2.24 bits per heavy atom. The Kier molecular flexibility index (Phi) is 6.63. The van der Waals surface area contributed by atoms with Crippen molar-refractivity contribution in [2.45, 2.75) is 57.1 Å². The lowest BCUT2D eigenvalue weighted by Gasteiger charge is -2.37. The molecule has 0 aliphatic rings. The lowest BCUT2D eigenvalue weighted by Crippen LogP contribution is -2.46. The van der Waals surface area contributed by atoms with Gasteiger partial charge in [-0.3, -0.25) is 4.31 Å². The van der Waals surface area contributed by atoms with E-state index in [-0.39, 0.29) is 22.0 Å². The number of anilines is 1. The zero-order chi connectivity index (χ0) is 24.8. The molecule has 0 saturated heterocycles. The van der Waals surface area contributed by atoms with Gasteiger partial charge in [-0.25, -0.2) is 12.8 Å². The summed E-state index contributed by atoms with van der Waals surface area (Å²) in [7, 11) is -2.38. The average molecular weight is 495 g/mol. The standard InChI is InChI=1S/C23H28ClFN4O3S/c1-22(2,3)29(33(31,32)15-10-8-7-9-11-15)19-13-18(25)17(24)12-16(19)21-27-26-20(28(21)6)14-23(4,5)30/h7-13,30H,14H2,1-6H3. The summed E-state index contributed by atoms with van der Waals surface area (Å²) in [5.74, 6) is 0.0209. The minimum atomic E-state index is -4.08. The molecule has 178 valence electrons. The van der Waals surface area contributed by atoms with Gasteiger partial charge in [0.05, 0.1) is 21.2 Å². The van der Waals surface area contributed by atoms with Crippen LogP contribution in [0.5, 0.6) is 0 Å². The van der Waals surface area contributed by atoms with Crippen LogP contribution in [0.3, 0.4) is 0 Å². The SMILES string of the molecule is Cn1c(CC(C)(C)O)nnc1-c1cc(Cl)c(F)cc1N(C(C)(C)C)S(=O)(=O)c1ccccc1. The molecule has 3 aromatic rings. The second-order valence-electron chi connectivity index (χ2n) is 9.52. The van der Waals surface area contributed by atoms with E-state index in [9.17, 15) is 17.9 Å². The predicted molar refractivity (Wildman–Crippen MR) is 127 cm³/mol. The van der Waals surface area contributed by atoms with Crippen LogP contribution in [-0.2, 0) is 23.5 Å². The Labute approximate surface area is 198 Å². The van der Waals surface area contributed by atoms with Gasteiger partial charge in [0, 0.05) is 30.6 Å². The quantitative estimate of drug-likeness (QED) is 0.541. The van der Waals surface area contributed by atoms with Crippen LogP contribution < -0.4 is 4.31 Å². The third kappa shape index (κ3) is 5.20. The van der Waals surface area contributed by atoms with Crippen molar-refractivity contribution in [1.82, 2.24) is 14.8 Å². The van der Waals surface area contributed by atoms with Gasteiger partial charge in [-0.15, -0.1) is 10.2 Å². The van der Waals surface area contributed by atoms with Crippen molar-refractivity contribution in [2.75, 3.05) is 4.31 Å². The fraction of sp³-hybridized carbons (Fsp3) is 0.391. The van der Waals surface area contributed by atoms with Gasteiger partial charge in [0.2, 0.25) is 0 Å². The molecule has 1 heterocycles. The summed E-state index contributed by atoms with van der Waals surface area (Å²) in [5, 5.41) is 18.4. The lowest BCUT2D eigenvalue weighted by atomic mass is 10.0. The van der Waals surface area contributed by atoms with Crippen molar-refractivity contribution in [3.05, 3.63) is 59.1 Å². The molecule has 0 spiro atoms. The van der Waals surface area contributed by atoms with Crippen LogP contribution in [0, 0.1) is 5.82 Å². The Morgan fingerprint density at radius 2 is 1.70 bits per heavy atom. The molecule has 0 radical (unpaired) electrons. The zero-order valence-corrected chi connectivity index (χ0v) is 21.0. The first kappa shape index (κ1) is 25.1. The third-order valence-electron chi connectivity index (χ3n) is 4.94. The summed E-state index contributed by atoms with van der Waals surface area (Å²) in [6, 6.07) is 10.4. The summed E-state index contributed by atoms with van der Waals surface area (Å²) in [4.78, 5) is 0.0712. The molecule has 0 amide bonds. The highest BCUT2D eigenvalue weighted by Crippen LogP contribution is 2.40. The van der Waals surface area contributed by atoms with Gasteiger partial charge in [-0.2, -0.15) is 0 Å². The molecule has 0 aliphatic heterocycles. The molecule has 0 atom stereocenters. The Balaban J connectivity index is 2.30. The second-order valence-corrected chi connectivity index (χ2v) is 11.7. The van der Waals surface area contributed by atoms with Crippen LogP contribution in [0.4, 0.5) is 10.1 Å². The van der Waals surface area contributed by atoms with Crippen LogP contribution in [0.15, 0.2) is 47.4 Å². The zero-order valence-electron chi connectivity index (χ0n) is 19.5. The van der Waals surface area contributed by atoms with Gasteiger partial charge in [0.1, 0.15) is 11.6 Å². The maximum Gasteiger partial charge on any atom is 0.264 e. The number of hydrogen-bond acceptors (Lipinski definition) is 5. The highest BCUT2D eigenvalue weighted by atomic mass is 35.5. The van der Waals surface area contributed by atoms with E-state index in [0.29, 0.717) is 17.2 Å². The lowest BCUT2D eigenvalue weighted by molar-refractivity contribution is 0.0780. The summed E-state index contributed by atoms with van der Waals surface area (Å²) >= 11 is 6.11. The van der Waals surface area contributed by atoms with E-state index in [1.165, 1.54) is 22.5 Å². The molecule has 3 rings (SSSR count). The van der Waals surface area contributed by atoms with Crippen molar-refractivity contribution in [2.24, 2.45) is 7.05 Å². The number of halogens is 2. The molecule has 1 aromatic heterocycles. The first-order chi connectivity index (χ1) is 15.1. The number of rotatable bonds is 6. The Hall–Kier alpha value is -2.49. The Bertz CT molecular complexity index is 1260. The summed E-state index contributed by atoms with van der Waals surface area (Å²) in [6.07, 6.45) is 0.214. The smallest absolute Gasteiger partial charge is 0.264 e. The van der Waals surface area contributed by atoms with Crippen molar-refractivity contribution in [1.29, 1.82) is 0 Å². The maximum absolute atomic E-state index is 14.7. The van der Waals surface area contributed by atoms with Crippen molar-refractivity contribution in [3.8, 4) is 11.4 Å². The predicted octanol–water partition coefficient (Wildman–Crippen LogP) is 4.58. The summed E-state index contributed by atoms with van der Waals surface area (Å²) in [5.41, 5.74) is -1.61. The number of nitrogens with zero attached hydrogens (tertiary/aromatic N) is 4. The average Bonchev–Trinajstić information content (AvgIpc) is 3.02. The molecule has 0 aliphatic carbocycles. The second kappa shape index (κ2) is 8.70. The highest BCUT2D eigenvalue weighted by molar-refractivity contribution is 7.93. The van der Waals surface area contributed by atoms with Gasteiger partial charge in [0.15, 0.2) is 5.82 Å². The molecule has 7 nitrogen and oxygen atoms in total. The molecule has 10 heteroatoms. The number of aromatic nitrogens is 3. The molecule has 0 bridgehead atoms. The molecule has 33 heavy (non-hydrogen) atoms. The summed E-state index contributed by atoms with van der Waals surface area (Å²) in [6.45, 7) is 8.46. The van der Waals surface area contributed by atoms with Crippen molar-refractivity contribution in [3.63, 3.8) is 0 Å². The minimum absolute atomic E-state index is 0.0712. The first-order valence-electron chi connectivity index (χ1n) is 10.3. The van der Waals surface area contributed by atoms with Crippen LogP contribution >= 0.6 is 11.6 Å². The normalized spacial score (nSPS) is 12.8. The van der Waals surface area contributed by atoms with E-state index in [4.69, 9.17) is 11.6 Å². The van der Waals surface area contributed by atoms with Crippen molar-refractivity contribution >= 4 is 27.3 Å². The first-order valence-corrected chi connectivity index (χ1v) is 12.2. The molecule has 1 N–H and O–H groups in total. The topological polar surface area (TPSA) is 88.3 Å². The molecular formula is C23H28ClFN4O3S. The largest absolute Gasteiger partial charge is 0.390 e. The monoisotopic (exact) mass is 494 g/mol. The fourth-order valence-electron chi connectivity index (χ4n) is 3.57. The molecule has 0 saturated carbocycles. The minimum Gasteiger partial charge on any atom is -0.390 e. The van der Waals surface area contributed by atoms with Crippen molar-refractivity contribution < 1.29 is 17.9 Å². The number of benzene rings is 2. The van der Waals surface area contributed by atoms with E-state index in [0.717, 1.165) is 6.07 Å². The Morgan fingerprint density at radius 1 is 1.09 bits per heavy atom. The van der Waals surface area contributed by atoms with Gasteiger partial charge < -0.3 is 9.67 Å². The van der Waals surface area contributed by atoms with Crippen LogP contribution in [0.2, 0.25) is 5.02 Å². The summed E-state index contributed by atoms with van der Waals surface area (Å²) < 4.78 is 45.0. The molecule has 0 fully saturated rings. The van der Waals surface area contributed by atoms with E-state index >= 15 is 0 Å². The number of hydrogen-bond donors (Lipinski definition) is 1. The number of sulfonamides is 1. The fourth-order valence-corrected chi connectivity index (χ4v) is 5.58.